The van der Waals surface area contributed by atoms with E-state index in [1.165, 1.54) is 0 Å². The number of aryl methyl sites for hydroxylation is 1. The van der Waals surface area contributed by atoms with Gasteiger partial charge < -0.3 is 15.7 Å². The van der Waals surface area contributed by atoms with E-state index in [2.05, 4.69) is 10.6 Å². The molecule has 134 valence electrons. The van der Waals surface area contributed by atoms with E-state index in [0.29, 0.717) is 30.1 Å². The zero-order valence-corrected chi connectivity index (χ0v) is 15.5. The molecule has 1 amide bonds. The third-order valence-electron chi connectivity index (χ3n) is 4.56. The normalized spacial score (nSPS) is 12.7. The van der Waals surface area contributed by atoms with Crippen LogP contribution < -0.4 is 10.6 Å². The third kappa shape index (κ3) is 5.49. The monoisotopic (exact) mass is 354 g/mol. The van der Waals surface area contributed by atoms with Gasteiger partial charge in [0.1, 0.15) is 0 Å². The predicted molar refractivity (Wildman–Crippen MR) is 97.6 cm³/mol. The number of halogens is 1. The maximum absolute atomic E-state index is 12.2. The average molecular weight is 355 g/mol. The number of carboxylic acids is 1. The summed E-state index contributed by atoms with van der Waals surface area (Å²) in [5, 5.41) is 16.0. The Morgan fingerprint density at radius 3 is 2.46 bits per heavy atom. The van der Waals surface area contributed by atoms with Crippen molar-refractivity contribution in [2.75, 3.05) is 11.9 Å². The number of carbonyl (C=O) groups excluding carboxylic acids is 1. The van der Waals surface area contributed by atoms with E-state index in [1.54, 1.807) is 12.1 Å². The summed E-state index contributed by atoms with van der Waals surface area (Å²) < 4.78 is 0. The standard InChI is InChI=1S/C18H27ClN2O3/c1-5-18(6-2,17(23)24)11-20-13(4)9-16(22)21-15-10-14(19)8-7-12(15)3/h7-8,10,13,20H,5-6,9,11H2,1-4H3,(H,21,22)(H,23,24). The summed E-state index contributed by atoms with van der Waals surface area (Å²) in [5.74, 6) is -0.930. The lowest BCUT2D eigenvalue weighted by Crippen LogP contribution is -2.44. The van der Waals surface area contributed by atoms with E-state index in [0.717, 1.165) is 5.56 Å². The Balaban J connectivity index is 2.58. The van der Waals surface area contributed by atoms with E-state index in [9.17, 15) is 14.7 Å². The van der Waals surface area contributed by atoms with Crippen LogP contribution in [0.4, 0.5) is 5.69 Å². The lowest BCUT2D eigenvalue weighted by Gasteiger charge is -2.28. The molecule has 0 saturated carbocycles. The Hall–Kier alpha value is -1.59. The van der Waals surface area contributed by atoms with Gasteiger partial charge in [-0.15, -0.1) is 0 Å². The minimum absolute atomic E-state index is 0.124. The summed E-state index contributed by atoms with van der Waals surface area (Å²) in [6.45, 7) is 7.87. The first-order chi connectivity index (χ1) is 11.2. The fourth-order valence-electron chi connectivity index (χ4n) is 2.53. The Morgan fingerprint density at radius 1 is 1.29 bits per heavy atom. The van der Waals surface area contributed by atoms with Gasteiger partial charge >= 0.3 is 5.97 Å². The van der Waals surface area contributed by atoms with Gasteiger partial charge in [0.15, 0.2) is 0 Å². The number of carboxylic acid groups (broad SMARTS) is 1. The number of amides is 1. The van der Waals surface area contributed by atoms with Crippen LogP contribution in [0.1, 0.15) is 45.6 Å². The lowest BCUT2D eigenvalue weighted by atomic mass is 9.82. The summed E-state index contributed by atoms with van der Waals surface area (Å²) in [7, 11) is 0. The molecule has 0 radical (unpaired) electrons. The molecule has 0 saturated heterocycles. The van der Waals surface area contributed by atoms with Crippen LogP contribution >= 0.6 is 11.6 Å². The molecule has 0 bridgehead atoms. The Morgan fingerprint density at radius 2 is 1.92 bits per heavy atom. The SMILES string of the molecule is CCC(CC)(CNC(C)CC(=O)Nc1cc(Cl)ccc1C)C(=O)O. The molecule has 24 heavy (non-hydrogen) atoms. The van der Waals surface area contributed by atoms with Gasteiger partial charge in [-0.1, -0.05) is 31.5 Å². The number of carbonyl (C=O) groups is 2. The lowest BCUT2D eigenvalue weighted by molar-refractivity contribution is -0.149. The van der Waals surface area contributed by atoms with Crippen molar-refractivity contribution in [2.45, 2.75) is 53.0 Å². The predicted octanol–water partition coefficient (Wildman–Crippen LogP) is 3.85. The number of anilines is 1. The van der Waals surface area contributed by atoms with Crippen LogP contribution in [-0.2, 0) is 9.59 Å². The summed E-state index contributed by atoms with van der Waals surface area (Å²) >= 11 is 5.95. The Labute approximate surface area is 148 Å². The van der Waals surface area contributed by atoms with Crippen LogP contribution in [0.3, 0.4) is 0 Å². The zero-order valence-electron chi connectivity index (χ0n) is 14.8. The second-order valence-electron chi connectivity index (χ2n) is 6.29. The molecule has 0 aliphatic carbocycles. The fourth-order valence-corrected chi connectivity index (χ4v) is 2.70. The van der Waals surface area contributed by atoms with Gasteiger partial charge in [0, 0.05) is 29.7 Å². The van der Waals surface area contributed by atoms with Crippen LogP contribution in [0, 0.1) is 12.3 Å². The Kier molecular flexibility index (Phi) is 7.70. The molecule has 1 aromatic carbocycles. The first kappa shape index (κ1) is 20.5. The van der Waals surface area contributed by atoms with E-state index in [-0.39, 0.29) is 18.4 Å². The van der Waals surface area contributed by atoms with Crippen LogP contribution in [0.5, 0.6) is 0 Å². The topological polar surface area (TPSA) is 78.4 Å². The molecular weight excluding hydrogens is 328 g/mol. The van der Waals surface area contributed by atoms with Gasteiger partial charge in [-0.25, -0.2) is 0 Å². The molecule has 5 nitrogen and oxygen atoms in total. The maximum atomic E-state index is 12.2. The summed E-state index contributed by atoms with van der Waals surface area (Å²) in [4.78, 5) is 23.7. The zero-order chi connectivity index (χ0) is 18.3. The first-order valence-corrected chi connectivity index (χ1v) is 8.64. The van der Waals surface area contributed by atoms with Gasteiger partial charge in [-0.05, 0) is 44.4 Å². The molecule has 0 fully saturated rings. The molecule has 1 aromatic rings. The molecule has 0 aliphatic rings. The minimum Gasteiger partial charge on any atom is -0.481 e. The van der Waals surface area contributed by atoms with Crippen molar-refractivity contribution in [1.82, 2.24) is 5.32 Å². The third-order valence-corrected chi connectivity index (χ3v) is 4.80. The number of rotatable bonds is 9. The highest BCUT2D eigenvalue weighted by molar-refractivity contribution is 6.31. The quantitative estimate of drug-likeness (QED) is 0.629. The number of hydrogen-bond acceptors (Lipinski definition) is 3. The molecule has 0 aromatic heterocycles. The largest absolute Gasteiger partial charge is 0.481 e. The van der Waals surface area contributed by atoms with Crippen molar-refractivity contribution in [3.63, 3.8) is 0 Å². The van der Waals surface area contributed by atoms with Crippen LogP contribution in [0.25, 0.3) is 0 Å². The summed E-state index contributed by atoms with van der Waals surface area (Å²) in [5.41, 5.74) is 0.853. The van der Waals surface area contributed by atoms with Gasteiger partial charge in [0.2, 0.25) is 5.91 Å². The van der Waals surface area contributed by atoms with Crippen molar-refractivity contribution in [2.24, 2.45) is 5.41 Å². The minimum atomic E-state index is -0.800. The summed E-state index contributed by atoms with van der Waals surface area (Å²) in [6.07, 6.45) is 1.36. The fraction of sp³-hybridized carbons (Fsp3) is 0.556. The van der Waals surface area contributed by atoms with E-state index < -0.39 is 11.4 Å². The highest BCUT2D eigenvalue weighted by Gasteiger charge is 2.34. The second kappa shape index (κ2) is 9.04. The average Bonchev–Trinajstić information content (AvgIpc) is 2.52. The van der Waals surface area contributed by atoms with Crippen molar-refractivity contribution in [3.05, 3.63) is 28.8 Å². The number of hydrogen-bond donors (Lipinski definition) is 3. The van der Waals surface area contributed by atoms with Crippen molar-refractivity contribution in [1.29, 1.82) is 0 Å². The van der Waals surface area contributed by atoms with E-state index in [1.807, 2.05) is 33.8 Å². The van der Waals surface area contributed by atoms with Crippen molar-refractivity contribution >= 4 is 29.2 Å². The molecule has 3 N–H and O–H groups in total. The van der Waals surface area contributed by atoms with E-state index >= 15 is 0 Å². The van der Waals surface area contributed by atoms with Crippen molar-refractivity contribution < 1.29 is 14.7 Å². The van der Waals surface area contributed by atoms with Crippen LogP contribution in [0.15, 0.2) is 18.2 Å². The molecule has 0 spiro atoms. The molecule has 1 atom stereocenters. The number of nitrogens with one attached hydrogen (secondary N) is 2. The van der Waals surface area contributed by atoms with Gasteiger partial charge in [-0.3, -0.25) is 9.59 Å². The highest BCUT2D eigenvalue weighted by atomic mass is 35.5. The Bertz CT molecular complexity index is 586. The smallest absolute Gasteiger partial charge is 0.310 e. The van der Waals surface area contributed by atoms with Crippen molar-refractivity contribution in [3.8, 4) is 0 Å². The maximum Gasteiger partial charge on any atom is 0.310 e. The second-order valence-corrected chi connectivity index (χ2v) is 6.72. The molecule has 1 rings (SSSR count). The molecular formula is C18H27ClN2O3. The molecule has 1 unspecified atom stereocenters. The number of aliphatic carboxylic acids is 1. The number of benzene rings is 1. The van der Waals surface area contributed by atoms with E-state index in [4.69, 9.17) is 11.6 Å². The highest BCUT2D eigenvalue weighted by Crippen LogP contribution is 2.26. The molecule has 0 heterocycles. The van der Waals surface area contributed by atoms with Gasteiger partial charge in [-0.2, -0.15) is 0 Å². The van der Waals surface area contributed by atoms with Gasteiger partial charge in [0.25, 0.3) is 0 Å². The summed E-state index contributed by atoms with van der Waals surface area (Å²) in [6, 6.07) is 5.22. The van der Waals surface area contributed by atoms with Crippen LogP contribution in [-0.4, -0.2) is 29.6 Å². The first-order valence-electron chi connectivity index (χ1n) is 8.27. The van der Waals surface area contributed by atoms with Gasteiger partial charge in [0.05, 0.1) is 5.41 Å². The molecule has 6 heteroatoms. The molecule has 0 aliphatic heterocycles. The van der Waals surface area contributed by atoms with Crippen LogP contribution in [0.2, 0.25) is 5.02 Å².